The first kappa shape index (κ1) is 28.1. The summed E-state index contributed by atoms with van der Waals surface area (Å²) in [5.41, 5.74) is 1.94. The van der Waals surface area contributed by atoms with Gasteiger partial charge < -0.3 is 44.1 Å². The van der Waals surface area contributed by atoms with Crippen LogP contribution >= 0.6 is 0 Å². The second-order valence-corrected chi connectivity index (χ2v) is 8.04. The molecule has 0 radical (unpaired) electrons. The fourth-order valence-corrected chi connectivity index (χ4v) is 4.12. The van der Waals surface area contributed by atoms with Crippen LogP contribution in [0.5, 0.6) is 23.0 Å². The first-order valence-corrected chi connectivity index (χ1v) is 11.1. The van der Waals surface area contributed by atoms with Gasteiger partial charge in [-0.2, -0.15) is 0 Å². The van der Waals surface area contributed by atoms with Gasteiger partial charge in [-0.25, -0.2) is 0 Å². The molecule has 0 bridgehead atoms. The Morgan fingerprint density at radius 1 is 0.771 bits per heavy atom. The van der Waals surface area contributed by atoms with Crippen LogP contribution in [0.1, 0.15) is 37.2 Å². The number of hydrogen-bond acceptors (Lipinski definition) is 9. The van der Waals surface area contributed by atoms with Crippen LogP contribution in [-0.2, 0) is 14.2 Å². The minimum atomic E-state index is -0.0986. The molecule has 2 aromatic rings. The molecule has 2 heterocycles. The van der Waals surface area contributed by atoms with E-state index in [1.807, 2.05) is 24.3 Å². The lowest BCUT2D eigenvalue weighted by atomic mass is 9.85. The molecule has 9 nitrogen and oxygen atoms in total. The number of phenolic OH excluding ortho intramolecular Hbond substituents is 2. The molecule has 4 rings (SSSR count). The minimum absolute atomic E-state index is 0.0986. The van der Waals surface area contributed by atoms with Gasteiger partial charge in [-0.15, -0.1) is 0 Å². The fraction of sp³-hybridized carbons (Fsp3) is 0.462. The van der Waals surface area contributed by atoms with Crippen molar-refractivity contribution >= 4 is 0 Å². The van der Waals surface area contributed by atoms with Crippen molar-refractivity contribution in [2.24, 2.45) is 11.8 Å². The number of aliphatic hydroxyl groups excluding tert-OH is 2. The van der Waals surface area contributed by atoms with Gasteiger partial charge in [0.1, 0.15) is 11.5 Å². The van der Waals surface area contributed by atoms with Crippen molar-refractivity contribution in [1.82, 2.24) is 0 Å². The van der Waals surface area contributed by atoms with E-state index in [0.29, 0.717) is 30.5 Å². The third-order valence-corrected chi connectivity index (χ3v) is 6.14. The summed E-state index contributed by atoms with van der Waals surface area (Å²) in [6.07, 6.45) is -0.197. The molecule has 9 heteroatoms. The van der Waals surface area contributed by atoms with Crippen molar-refractivity contribution in [2.75, 3.05) is 41.7 Å². The lowest BCUT2D eigenvalue weighted by molar-refractivity contribution is 0.0191. The summed E-state index contributed by atoms with van der Waals surface area (Å²) in [6, 6.07) is 10.6. The molecule has 0 aliphatic carbocycles. The molecule has 0 aromatic heterocycles. The highest BCUT2D eigenvalue weighted by molar-refractivity contribution is 5.44. The van der Waals surface area contributed by atoms with Crippen molar-refractivity contribution in [3.8, 4) is 23.0 Å². The number of benzene rings is 2. The van der Waals surface area contributed by atoms with Crippen molar-refractivity contribution in [1.29, 1.82) is 0 Å². The molecular weight excluding hydrogens is 456 g/mol. The first-order chi connectivity index (χ1) is 16.8. The van der Waals surface area contributed by atoms with Crippen molar-refractivity contribution in [3.05, 3.63) is 59.0 Å². The van der Waals surface area contributed by atoms with Crippen LogP contribution in [0.15, 0.2) is 47.9 Å². The SMILES string of the molecule is CO.CO/C(C)=C(/C)O.COc1cc([C@H]2OCC3C2CO[C@@H]3c2ccc(O)c(OC)c2)ccc1O. The van der Waals surface area contributed by atoms with E-state index in [-0.39, 0.29) is 41.3 Å². The van der Waals surface area contributed by atoms with Gasteiger partial charge in [0.2, 0.25) is 0 Å². The van der Waals surface area contributed by atoms with Crippen LogP contribution in [0.2, 0.25) is 0 Å². The Kier molecular flexibility index (Phi) is 10.5. The topological polar surface area (TPSA) is 127 Å². The summed E-state index contributed by atoms with van der Waals surface area (Å²) < 4.78 is 27.2. The van der Waals surface area contributed by atoms with Gasteiger partial charge >= 0.3 is 0 Å². The van der Waals surface area contributed by atoms with E-state index < -0.39 is 0 Å². The Morgan fingerprint density at radius 3 is 1.46 bits per heavy atom. The molecule has 2 unspecified atom stereocenters. The average Bonchev–Trinajstić information content (AvgIpc) is 3.48. The van der Waals surface area contributed by atoms with Crippen LogP contribution in [0.25, 0.3) is 0 Å². The zero-order valence-corrected chi connectivity index (χ0v) is 21.0. The molecule has 0 saturated carbocycles. The highest BCUT2D eigenvalue weighted by atomic mass is 16.5. The van der Waals surface area contributed by atoms with Gasteiger partial charge in [0, 0.05) is 18.9 Å². The smallest absolute Gasteiger partial charge is 0.160 e. The number of methoxy groups -OCH3 is 3. The number of fused-ring (bicyclic) bond motifs is 1. The summed E-state index contributed by atoms with van der Waals surface area (Å²) in [6.45, 7) is 4.47. The largest absolute Gasteiger partial charge is 0.509 e. The molecule has 2 saturated heterocycles. The van der Waals surface area contributed by atoms with Crippen LogP contribution < -0.4 is 9.47 Å². The molecule has 2 aliphatic heterocycles. The lowest BCUT2D eigenvalue weighted by Crippen LogP contribution is -2.14. The van der Waals surface area contributed by atoms with E-state index in [2.05, 4.69) is 4.74 Å². The Labute approximate surface area is 206 Å². The Bertz CT molecular complexity index is 917. The zero-order valence-electron chi connectivity index (χ0n) is 21.0. The number of rotatable bonds is 5. The van der Waals surface area contributed by atoms with E-state index >= 15 is 0 Å². The number of ether oxygens (including phenoxy) is 5. The lowest BCUT2D eigenvalue weighted by Gasteiger charge is -2.18. The Hall–Kier alpha value is -3.14. The van der Waals surface area contributed by atoms with E-state index in [1.54, 1.807) is 26.0 Å². The van der Waals surface area contributed by atoms with Gasteiger partial charge in [0.25, 0.3) is 0 Å². The van der Waals surface area contributed by atoms with E-state index in [9.17, 15) is 10.2 Å². The van der Waals surface area contributed by atoms with Crippen LogP contribution in [0.3, 0.4) is 0 Å². The summed E-state index contributed by atoms with van der Waals surface area (Å²) in [4.78, 5) is 0. The summed E-state index contributed by atoms with van der Waals surface area (Å²) in [5, 5.41) is 35.2. The molecule has 194 valence electrons. The van der Waals surface area contributed by atoms with Gasteiger partial charge in [-0.05, 0) is 49.2 Å². The van der Waals surface area contributed by atoms with E-state index in [0.717, 1.165) is 18.2 Å². The van der Waals surface area contributed by atoms with Crippen molar-refractivity contribution in [3.63, 3.8) is 0 Å². The average molecular weight is 493 g/mol. The van der Waals surface area contributed by atoms with Gasteiger partial charge in [0.05, 0.1) is 46.8 Å². The van der Waals surface area contributed by atoms with Crippen molar-refractivity contribution in [2.45, 2.75) is 26.1 Å². The predicted molar refractivity (Wildman–Crippen MR) is 130 cm³/mol. The molecule has 2 fully saturated rings. The maximum Gasteiger partial charge on any atom is 0.160 e. The second kappa shape index (κ2) is 13.1. The maximum absolute atomic E-state index is 9.80. The fourth-order valence-electron chi connectivity index (χ4n) is 4.12. The Morgan fingerprint density at radius 2 is 1.17 bits per heavy atom. The highest BCUT2D eigenvalue weighted by Gasteiger charge is 2.48. The van der Waals surface area contributed by atoms with Gasteiger partial charge in [0.15, 0.2) is 23.0 Å². The molecule has 0 spiro atoms. The molecule has 2 aliphatic rings. The quantitative estimate of drug-likeness (QED) is 0.453. The molecule has 2 aromatic carbocycles. The van der Waals surface area contributed by atoms with Crippen molar-refractivity contribution < 1.29 is 44.1 Å². The van der Waals surface area contributed by atoms with Crippen LogP contribution in [-0.4, -0.2) is 62.1 Å². The monoisotopic (exact) mass is 492 g/mol. The first-order valence-electron chi connectivity index (χ1n) is 11.1. The third-order valence-electron chi connectivity index (χ3n) is 6.14. The van der Waals surface area contributed by atoms with Crippen LogP contribution in [0.4, 0.5) is 0 Å². The Balaban J connectivity index is 0.000000416. The normalized spacial score (nSPS) is 23.1. The minimum Gasteiger partial charge on any atom is -0.509 e. The zero-order chi connectivity index (χ0) is 26.1. The third kappa shape index (κ3) is 6.50. The van der Waals surface area contributed by atoms with Gasteiger partial charge in [-0.3, -0.25) is 0 Å². The maximum atomic E-state index is 9.80. The van der Waals surface area contributed by atoms with E-state index in [1.165, 1.54) is 21.3 Å². The number of phenols is 2. The summed E-state index contributed by atoms with van der Waals surface area (Å²) in [5.74, 6) is 2.34. The molecule has 0 amide bonds. The number of aliphatic hydroxyl groups is 2. The molecule has 35 heavy (non-hydrogen) atoms. The summed E-state index contributed by atoms with van der Waals surface area (Å²) in [7, 11) is 5.59. The van der Waals surface area contributed by atoms with E-state index in [4.69, 9.17) is 29.2 Å². The van der Waals surface area contributed by atoms with Crippen LogP contribution in [0, 0.1) is 11.8 Å². The second-order valence-electron chi connectivity index (χ2n) is 8.04. The number of aromatic hydroxyl groups is 2. The number of allylic oxidation sites excluding steroid dienone is 2. The predicted octanol–water partition coefficient (Wildman–Crippen LogP) is 4.24. The summed E-state index contributed by atoms with van der Waals surface area (Å²) >= 11 is 0. The van der Waals surface area contributed by atoms with Gasteiger partial charge in [-0.1, -0.05) is 12.1 Å². The highest BCUT2D eigenvalue weighted by Crippen LogP contribution is 2.51. The number of hydrogen-bond donors (Lipinski definition) is 4. The molecular formula is C26H36O9. The molecule has 4 atom stereocenters. The standard InChI is InChI=1S/C20H22O6.C5H10O2.CH4O/c1-23-17-7-11(3-5-15(17)21)19-13-9-26-20(14(13)10-25-19)12-4-6-16(22)18(8-12)24-2;1-4(6)5(2)7-3;1-2/h3-8,13-14,19-22H,9-10H2,1-2H3;6H,1-3H3;2H,1H3/b;5-4-;/t13?,14?,19-,20-;;/m1../s1. The molecule has 4 N–H and O–H groups in total.